The third-order valence-electron chi connectivity index (χ3n) is 3.84. The fourth-order valence-corrected chi connectivity index (χ4v) is 2.15. The van der Waals surface area contributed by atoms with E-state index in [4.69, 9.17) is 20.9 Å². The Morgan fingerprint density at radius 3 is 1.92 bits per heavy atom. The summed E-state index contributed by atoms with van der Waals surface area (Å²) in [4.78, 5) is 23.8. The van der Waals surface area contributed by atoms with Crippen LogP contribution in [0, 0.1) is 5.41 Å². The molecule has 0 aliphatic heterocycles. The Hall–Kier alpha value is -1.44. The van der Waals surface area contributed by atoms with Crippen LogP contribution in [0.5, 0.6) is 0 Å². The molecular formula is C17H32N2O5. The summed E-state index contributed by atoms with van der Waals surface area (Å²) in [6.45, 7) is 13.1. The summed E-state index contributed by atoms with van der Waals surface area (Å²) in [5, 5.41) is 9.79. The Morgan fingerprint density at radius 1 is 1.08 bits per heavy atom. The van der Waals surface area contributed by atoms with E-state index in [0.717, 1.165) is 0 Å². The number of esters is 2. The Labute approximate surface area is 144 Å². The van der Waals surface area contributed by atoms with Crippen LogP contribution in [0.1, 0.15) is 48.0 Å². The van der Waals surface area contributed by atoms with Crippen LogP contribution in [0.15, 0.2) is 12.2 Å². The second kappa shape index (κ2) is 8.09. The van der Waals surface area contributed by atoms with Gasteiger partial charge in [-0.3, -0.25) is 4.79 Å². The van der Waals surface area contributed by atoms with E-state index in [0.29, 0.717) is 6.42 Å². The van der Waals surface area contributed by atoms with Crippen molar-refractivity contribution >= 4 is 11.9 Å². The first-order valence-corrected chi connectivity index (χ1v) is 7.86. The molecule has 0 amide bonds. The van der Waals surface area contributed by atoms with Crippen LogP contribution in [-0.2, 0) is 19.1 Å². The van der Waals surface area contributed by atoms with Gasteiger partial charge in [0.15, 0.2) is 0 Å². The van der Waals surface area contributed by atoms with Crippen LogP contribution >= 0.6 is 0 Å². The van der Waals surface area contributed by atoms with Gasteiger partial charge in [0.1, 0.15) is 19.3 Å². The molecule has 0 saturated heterocycles. The summed E-state index contributed by atoms with van der Waals surface area (Å²) in [6.07, 6.45) is -0.823. The van der Waals surface area contributed by atoms with Crippen LogP contribution in [-0.4, -0.2) is 47.4 Å². The van der Waals surface area contributed by atoms with Gasteiger partial charge in [-0.05, 0) is 48.0 Å². The molecule has 0 spiro atoms. The van der Waals surface area contributed by atoms with E-state index in [1.807, 2.05) is 0 Å². The first-order chi connectivity index (χ1) is 10.6. The second-order valence-electron chi connectivity index (χ2n) is 7.85. The standard InChI is InChI=1S/C17H32N2O5/c1-11(2)13(21)23-8-12(20)9-24-14(22)17(7,16(5,6)19)10-15(3,4)18/h12,20H,1,8-10,18-19H2,2-7H3. The molecule has 2 atom stereocenters. The number of carbonyl (C=O) groups is 2. The summed E-state index contributed by atoms with van der Waals surface area (Å²) in [6, 6.07) is 0. The van der Waals surface area contributed by atoms with E-state index in [2.05, 4.69) is 6.58 Å². The summed E-state index contributed by atoms with van der Waals surface area (Å²) in [7, 11) is 0. The van der Waals surface area contributed by atoms with E-state index in [9.17, 15) is 14.7 Å². The van der Waals surface area contributed by atoms with Crippen molar-refractivity contribution in [2.24, 2.45) is 16.9 Å². The number of rotatable bonds is 9. The minimum atomic E-state index is -1.13. The van der Waals surface area contributed by atoms with Gasteiger partial charge in [-0.25, -0.2) is 4.79 Å². The van der Waals surface area contributed by atoms with Crippen molar-refractivity contribution in [1.29, 1.82) is 0 Å². The van der Waals surface area contributed by atoms with Gasteiger partial charge >= 0.3 is 11.9 Å². The lowest BCUT2D eigenvalue weighted by Crippen LogP contribution is -2.58. The lowest BCUT2D eigenvalue weighted by molar-refractivity contribution is -0.164. The largest absolute Gasteiger partial charge is 0.462 e. The van der Waals surface area contributed by atoms with Crippen molar-refractivity contribution in [3.8, 4) is 0 Å². The minimum Gasteiger partial charge on any atom is -0.462 e. The van der Waals surface area contributed by atoms with Crippen LogP contribution in [0.4, 0.5) is 0 Å². The smallest absolute Gasteiger partial charge is 0.333 e. The van der Waals surface area contributed by atoms with E-state index in [1.165, 1.54) is 6.92 Å². The second-order valence-corrected chi connectivity index (χ2v) is 7.85. The van der Waals surface area contributed by atoms with Crippen molar-refractivity contribution in [3.63, 3.8) is 0 Å². The van der Waals surface area contributed by atoms with Crippen molar-refractivity contribution in [1.82, 2.24) is 0 Å². The zero-order valence-corrected chi connectivity index (χ0v) is 15.6. The SMILES string of the molecule is C=C(C)C(=O)OCC(O)COC(=O)C(C)(CC(C)(C)N)C(C)(C)N. The average Bonchev–Trinajstić information content (AvgIpc) is 2.38. The number of hydrogen-bond donors (Lipinski definition) is 3. The van der Waals surface area contributed by atoms with Crippen molar-refractivity contribution in [3.05, 3.63) is 12.2 Å². The minimum absolute atomic E-state index is 0.224. The molecule has 5 N–H and O–H groups in total. The third-order valence-corrected chi connectivity index (χ3v) is 3.84. The fraction of sp³-hybridized carbons (Fsp3) is 0.765. The zero-order valence-electron chi connectivity index (χ0n) is 15.6. The molecule has 0 aromatic rings. The molecular weight excluding hydrogens is 312 g/mol. The number of carbonyl (C=O) groups excluding carboxylic acids is 2. The Morgan fingerprint density at radius 2 is 1.54 bits per heavy atom. The summed E-state index contributed by atoms with van der Waals surface area (Å²) >= 11 is 0. The van der Waals surface area contributed by atoms with E-state index in [1.54, 1.807) is 34.6 Å². The highest BCUT2D eigenvalue weighted by Crippen LogP contribution is 2.37. The van der Waals surface area contributed by atoms with Gasteiger partial charge < -0.3 is 26.0 Å². The van der Waals surface area contributed by atoms with Crippen LogP contribution < -0.4 is 11.5 Å². The lowest BCUT2D eigenvalue weighted by atomic mass is 9.67. The van der Waals surface area contributed by atoms with Gasteiger partial charge in [0.25, 0.3) is 0 Å². The molecule has 0 aliphatic carbocycles. The van der Waals surface area contributed by atoms with Crippen LogP contribution in [0.25, 0.3) is 0 Å². The molecule has 0 aromatic heterocycles. The maximum absolute atomic E-state index is 12.5. The lowest BCUT2D eigenvalue weighted by Gasteiger charge is -2.43. The molecule has 0 saturated carbocycles. The number of hydrogen-bond acceptors (Lipinski definition) is 7. The summed E-state index contributed by atoms with van der Waals surface area (Å²) in [5.41, 5.74) is 9.88. The molecule has 0 heterocycles. The van der Waals surface area contributed by atoms with Crippen molar-refractivity contribution < 1.29 is 24.2 Å². The molecule has 0 aromatic carbocycles. The predicted octanol–water partition coefficient (Wildman–Crippen LogP) is 0.881. The van der Waals surface area contributed by atoms with Gasteiger partial charge in [0.2, 0.25) is 0 Å². The number of ether oxygens (including phenoxy) is 2. The first kappa shape index (κ1) is 22.6. The van der Waals surface area contributed by atoms with Gasteiger partial charge in [0.05, 0.1) is 5.41 Å². The molecule has 0 fully saturated rings. The highest BCUT2D eigenvalue weighted by molar-refractivity contribution is 5.86. The Kier molecular flexibility index (Phi) is 7.61. The van der Waals surface area contributed by atoms with Gasteiger partial charge in [-0.1, -0.05) is 6.58 Å². The predicted molar refractivity (Wildman–Crippen MR) is 92.0 cm³/mol. The molecule has 7 nitrogen and oxygen atoms in total. The normalized spacial score (nSPS) is 16.0. The maximum atomic E-state index is 12.5. The molecule has 140 valence electrons. The molecule has 0 radical (unpaired) electrons. The molecule has 0 aliphatic rings. The molecule has 2 unspecified atom stereocenters. The van der Waals surface area contributed by atoms with Gasteiger partial charge in [-0.15, -0.1) is 0 Å². The van der Waals surface area contributed by atoms with Crippen LogP contribution in [0.3, 0.4) is 0 Å². The number of nitrogens with two attached hydrogens (primary N) is 2. The van der Waals surface area contributed by atoms with Crippen molar-refractivity contribution in [2.75, 3.05) is 13.2 Å². The topological polar surface area (TPSA) is 125 Å². The van der Waals surface area contributed by atoms with Gasteiger partial charge in [0, 0.05) is 16.7 Å². The maximum Gasteiger partial charge on any atom is 0.333 e. The highest BCUT2D eigenvalue weighted by Gasteiger charge is 2.48. The Balaban J connectivity index is 4.80. The van der Waals surface area contributed by atoms with E-state index < -0.39 is 34.5 Å². The quantitative estimate of drug-likeness (QED) is 0.419. The monoisotopic (exact) mass is 344 g/mol. The molecule has 0 bridgehead atoms. The van der Waals surface area contributed by atoms with E-state index in [-0.39, 0.29) is 18.8 Å². The third kappa shape index (κ3) is 6.98. The molecule has 24 heavy (non-hydrogen) atoms. The zero-order chi connectivity index (χ0) is 19.3. The summed E-state index contributed by atoms with van der Waals surface area (Å²) < 4.78 is 10.0. The van der Waals surface area contributed by atoms with Crippen LogP contribution in [0.2, 0.25) is 0 Å². The average molecular weight is 344 g/mol. The van der Waals surface area contributed by atoms with Crippen molar-refractivity contribution in [2.45, 2.75) is 65.1 Å². The summed E-state index contributed by atoms with van der Waals surface area (Å²) in [5.74, 6) is -1.17. The molecule has 7 heteroatoms. The Bertz CT molecular complexity index is 476. The van der Waals surface area contributed by atoms with E-state index >= 15 is 0 Å². The highest BCUT2D eigenvalue weighted by atomic mass is 16.6. The fourth-order valence-electron chi connectivity index (χ4n) is 2.15. The van der Waals surface area contributed by atoms with Gasteiger partial charge in [-0.2, -0.15) is 0 Å². The number of aliphatic hydroxyl groups is 1. The number of aliphatic hydroxyl groups excluding tert-OH is 1. The first-order valence-electron chi connectivity index (χ1n) is 7.86. The molecule has 0 rings (SSSR count).